The summed E-state index contributed by atoms with van der Waals surface area (Å²) in [5.41, 5.74) is 4.46. The first-order chi connectivity index (χ1) is 16.5. The van der Waals surface area contributed by atoms with Gasteiger partial charge in [0, 0.05) is 23.3 Å². The van der Waals surface area contributed by atoms with Crippen molar-refractivity contribution >= 4 is 34.4 Å². The standard InChI is InChI=1S/C26H24FN5O2/c1-17-12-20(7-10-24(17)34-21-8-5-18(2)29-15-21)32-26-22-13-19(4-3-11-28-25(33)14-27)6-9-23(22)30-16-31-26/h3-10,12-13,15-16H,11,14H2,1-2H3,(H,28,33)(H,30,31,32)/b4-3+. The summed E-state index contributed by atoms with van der Waals surface area (Å²) in [6.45, 7) is 3.14. The SMILES string of the molecule is Cc1ccc(Oc2ccc(Nc3ncnc4ccc(/C=C/CNC(=O)CF)cc34)cc2C)cn1. The number of aryl methyl sites for hydroxylation is 2. The van der Waals surface area contributed by atoms with Crippen LogP contribution in [0.4, 0.5) is 15.9 Å². The van der Waals surface area contributed by atoms with E-state index < -0.39 is 12.6 Å². The van der Waals surface area contributed by atoms with E-state index in [1.54, 1.807) is 12.3 Å². The van der Waals surface area contributed by atoms with Crippen molar-refractivity contribution in [1.29, 1.82) is 0 Å². The van der Waals surface area contributed by atoms with Gasteiger partial charge in [-0.1, -0.05) is 18.2 Å². The first-order valence-corrected chi connectivity index (χ1v) is 10.7. The van der Waals surface area contributed by atoms with Crippen LogP contribution in [0.3, 0.4) is 0 Å². The molecular formula is C26H24FN5O2. The van der Waals surface area contributed by atoms with Gasteiger partial charge in [0.05, 0.1) is 11.7 Å². The van der Waals surface area contributed by atoms with Crippen LogP contribution in [0.2, 0.25) is 0 Å². The Kier molecular flexibility index (Phi) is 7.07. The van der Waals surface area contributed by atoms with Crippen LogP contribution in [-0.2, 0) is 4.79 Å². The van der Waals surface area contributed by atoms with E-state index in [1.807, 2.05) is 68.5 Å². The number of nitrogens with one attached hydrogen (secondary N) is 2. The summed E-state index contributed by atoms with van der Waals surface area (Å²) in [5.74, 6) is 1.46. The van der Waals surface area contributed by atoms with Gasteiger partial charge in [-0.25, -0.2) is 14.4 Å². The number of hydrogen-bond donors (Lipinski definition) is 2. The molecule has 0 fully saturated rings. The van der Waals surface area contributed by atoms with Gasteiger partial charge in [-0.2, -0.15) is 0 Å². The van der Waals surface area contributed by atoms with E-state index in [0.29, 0.717) is 11.6 Å². The number of fused-ring (bicyclic) bond motifs is 1. The molecule has 0 radical (unpaired) electrons. The summed E-state index contributed by atoms with van der Waals surface area (Å²) in [4.78, 5) is 24.0. The van der Waals surface area contributed by atoms with E-state index in [9.17, 15) is 9.18 Å². The van der Waals surface area contributed by atoms with Crippen LogP contribution < -0.4 is 15.4 Å². The molecule has 4 aromatic rings. The fourth-order valence-corrected chi connectivity index (χ4v) is 3.31. The van der Waals surface area contributed by atoms with Gasteiger partial charge >= 0.3 is 0 Å². The van der Waals surface area contributed by atoms with Gasteiger partial charge in [-0.3, -0.25) is 9.78 Å². The number of amides is 1. The van der Waals surface area contributed by atoms with E-state index in [4.69, 9.17) is 4.74 Å². The molecule has 0 atom stereocenters. The number of halogens is 1. The highest BCUT2D eigenvalue weighted by molar-refractivity contribution is 5.92. The molecule has 172 valence electrons. The molecule has 2 aromatic carbocycles. The minimum absolute atomic E-state index is 0.254. The summed E-state index contributed by atoms with van der Waals surface area (Å²) < 4.78 is 18.2. The molecule has 0 saturated carbocycles. The van der Waals surface area contributed by atoms with E-state index >= 15 is 0 Å². The van der Waals surface area contributed by atoms with Crippen LogP contribution in [-0.4, -0.2) is 34.1 Å². The zero-order valence-corrected chi connectivity index (χ0v) is 18.9. The Morgan fingerprint density at radius 3 is 2.71 bits per heavy atom. The van der Waals surface area contributed by atoms with Crippen molar-refractivity contribution in [2.45, 2.75) is 13.8 Å². The van der Waals surface area contributed by atoms with E-state index in [2.05, 4.69) is 25.6 Å². The maximum absolute atomic E-state index is 12.2. The molecule has 0 aliphatic rings. The number of aromatic nitrogens is 3. The Bertz CT molecular complexity index is 1340. The fourth-order valence-electron chi connectivity index (χ4n) is 3.31. The molecule has 8 heteroatoms. The topological polar surface area (TPSA) is 89.0 Å². The third kappa shape index (κ3) is 5.72. The Morgan fingerprint density at radius 1 is 1.06 bits per heavy atom. The van der Waals surface area contributed by atoms with Crippen LogP contribution in [0.15, 0.2) is 67.1 Å². The highest BCUT2D eigenvalue weighted by atomic mass is 19.1. The highest BCUT2D eigenvalue weighted by Gasteiger charge is 2.08. The Hall–Kier alpha value is -4.33. The van der Waals surface area contributed by atoms with Gasteiger partial charge in [-0.15, -0.1) is 0 Å². The molecule has 0 spiro atoms. The predicted octanol–water partition coefficient (Wildman–Crippen LogP) is 5.28. The van der Waals surface area contributed by atoms with Gasteiger partial charge in [0.15, 0.2) is 6.67 Å². The van der Waals surface area contributed by atoms with Crippen molar-refractivity contribution in [2.75, 3.05) is 18.5 Å². The first kappa shape index (κ1) is 22.8. The average molecular weight is 458 g/mol. The fraction of sp³-hybridized carbons (Fsp3) is 0.154. The van der Waals surface area contributed by atoms with Crippen LogP contribution in [0.25, 0.3) is 17.0 Å². The minimum atomic E-state index is -1.02. The first-order valence-electron chi connectivity index (χ1n) is 10.7. The summed E-state index contributed by atoms with van der Waals surface area (Å²) in [6, 6.07) is 15.4. The zero-order valence-electron chi connectivity index (χ0n) is 18.9. The third-order valence-corrected chi connectivity index (χ3v) is 5.06. The van der Waals surface area contributed by atoms with Crippen LogP contribution in [0, 0.1) is 13.8 Å². The van der Waals surface area contributed by atoms with E-state index in [0.717, 1.165) is 39.2 Å². The van der Waals surface area contributed by atoms with Crippen LogP contribution >= 0.6 is 0 Å². The number of benzene rings is 2. The normalized spacial score (nSPS) is 11.0. The molecule has 0 saturated heterocycles. The second-order valence-electron chi connectivity index (χ2n) is 7.68. The Balaban J connectivity index is 1.51. The molecule has 2 heterocycles. The minimum Gasteiger partial charge on any atom is -0.455 e. The average Bonchev–Trinajstić information content (AvgIpc) is 2.85. The molecule has 34 heavy (non-hydrogen) atoms. The molecule has 4 rings (SSSR count). The zero-order chi connectivity index (χ0) is 23.9. The number of anilines is 2. The number of pyridine rings is 1. The second-order valence-corrected chi connectivity index (χ2v) is 7.68. The van der Waals surface area contributed by atoms with E-state index in [-0.39, 0.29) is 6.54 Å². The van der Waals surface area contributed by atoms with Crippen molar-refractivity contribution in [1.82, 2.24) is 20.3 Å². The maximum atomic E-state index is 12.2. The summed E-state index contributed by atoms with van der Waals surface area (Å²) in [5, 5.41) is 6.67. The number of rotatable bonds is 8. The molecule has 0 aliphatic carbocycles. The van der Waals surface area contributed by atoms with Gasteiger partial charge < -0.3 is 15.4 Å². The summed E-state index contributed by atoms with van der Waals surface area (Å²) in [6.07, 6.45) is 6.83. The lowest BCUT2D eigenvalue weighted by Gasteiger charge is -2.12. The number of carbonyl (C=O) groups excluding carboxylic acids is 1. The lowest BCUT2D eigenvalue weighted by atomic mass is 10.1. The number of ether oxygens (including phenoxy) is 1. The van der Waals surface area contributed by atoms with Gasteiger partial charge in [0.1, 0.15) is 23.6 Å². The molecule has 0 bridgehead atoms. The smallest absolute Gasteiger partial charge is 0.251 e. The number of carbonyl (C=O) groups is 1. The molecule has 7 nitrogen and oxygen atoms in total. The van der Waals surface area contributed by atoms with Crippen molar-refractivity contribution in [2.24, 2.45) is 0 Å². The maximum Gasteiger partial charge on any atom is 0.251 e. The predicted molar refractivity (Wildman–Crippen MR) is 131 cm³/mol. The molecule has 2 N–H and O–H groups in total. The van der Waals surface area contributed by atoms with Gasteiger partial charge in [0.25, 0.3) is 5.91 Å². The van der Waals surface area contributed by atoms with Crippen LogP contribution in [0.1, 0.15) is 16.8 Å². The quantitative estimate of drug-likeness (QED) is 0.374. The Labute approximate surface area is 196 Å². The van der Waals surface area contributed by atoms with Crippen molar-refractivity contribution in [3.8, 4) is 11.5 Å². The monoisotopic (exact) mass is 457 g/mol. The Morgan fingerprint density at radius 2 is 1.94 bits per heavy atom. The van der Waals surface area contributed by atoms with Gasteiger partial charge in [-0.05, 0) is 67.4 Å². The second kappa shape index (κ2) is 10.5. The molecule has 0 unspecified atom stereocenters. The number of hydrogen-bond acceptors (Lipinski definition) is 6. The molecule has 0 aliphatic heterocycles. The lowest BCUT2D eigenvalue weighted by molar-refractivity contribution is -0.121. The number of alkyl halides is 1. The summed E-state index contributed by atoms with van der Waals surface area (Å²) >= 11 is 0. The largest absolute Gasteiger partial charge is 0.455 e. The molecule has 1 amide bonds. The highest BCUT2D eigenvalue weighted by Crippen LogP contribution is 2.30. The van der Waals surface area contributed by atoms with Crippen LogP contribution in [0.5, 0.6) is 11.5 Å². The van der Waals surface area contributed by atoms with Gasteiger partial charge in [0.2, 0.25) is 0 Å². The molecular weight excluding hydrogens is 433 g/mol. The van der Waals surface area contributed by atoms with Crippen molar-refractivity contribution < 1.29 is 13.9 Å². The number of nitrogens with zero attached hydrogens (tertiary/aromatic N) is 3. The molecule has 2 aromatic heterocycles. The van der Waals surface area contributed by atoms with E-state index in [1.165, 1.54) is 6.33 Å². The third-order valence-electron chi connectivity index (χ3n) is 5.06. The lowest BCUT2D eigenvalue weighted by Crippen LogP contribution is -2.24. The van der Waals surface area contributed by atoms with Crippen molar-refractivity contribution in [3.63, 3.8) is 0 Å². The summed E-state index contributed by atoms with van der Waals surface area (Å²) in [7, 11) is 0. The van der Waals surface area contributed by atoms with Crippen molar-refractivity contribution in [3.05, 3.63) is 84.0 Å².